The van der Waals surface area contributed by atoms with Crippen LogP contribution in [-0.4, -0.2) is 73.4 Å². The summed E-state index contributed by atoms with van der Waals surface area (Å²) in [6.45, 7) is 0.328. The van der Waals surface area contributed by atoms with Gasteiger partial charge in [-0.1, -0.05) is 0 Å². The molecular formula is C19H28F4N2O3. The van der Waals surface area contributed by atoms with Gasteiger partial charge < -0.3 is 14.5 Å². The van der Waals surface area contributed by atoms with E-state index in [2.05, 4.69) is 0 Å². The highest BCUT2D eigenvalue weighted by molar-refractivity contribution is 5.86. The van der Waals surface area contributed by atoms with E-state index in [-0.39, 0.29) is 25.3 Å². The molecule has 2 saturated heterocycles. The Morgan fingerprint density at radius 3 is 2.43 bits per heavy atom. The van der Waals surface area contributed by atoms with Crippen molar-refractivity contribution < 1.29 is 31.9 Å². The number of carbonyl (C=O) groups is 2. The molecule has 1 atom stereocenters. The topological polar surface area (TPSA) is 49.9 Å². The second-order valence-electron chi connectivity index (χ2n) is 8.53. The molecule has 28 heavy (non-hydrogen) atoms. The van der Waals surface area contributed by atoms with Crippen molar-refractivity contribution in [2.24, 2.45) is 11.3 Å². The molecule has 5 nitrogen and oxygen atoms in total. The number of halogens is 4. The SMILES string of the molecule is COCCN1CCCC2(CN(C(=O)C3CCC(F)(F)CC3)CC(F)(F)C2)C1=O. The highest BCUT2D eigenvalue weighted by Crippen LogP contribution is 2.46. The van der Waals surface area contributed by atoms with Crippen LogP contribution in [0.3, 0.4) is 0 Å². The van der Waals surface area contributed by atoms with Gasteiger partial charge in [-0.25, -0.2) is 17.6 Å². The summed E-state index contributed by atoms with van der Waals surface area (Å²) in [5, 5.41) is 0. The van der Waals surface area contributed by atoms with E-state index in [1.807, 2.05) is 0 Å². The van der Waals surface area contributed by atoms with E-state index < -0.39 is 54.9 Å². The highest BCUT2D eigenvalue weighted by atomic mass is 19.3. The molecule has 3 rings (SSSR count). The standard InChI is InChI=1S/C19H28F4N2O3/c1-28-10-9-24-8-2-5-17(16(24)27)11-19(22,23)13-25(12-17)15(26)14-3-6-18(20,21)7-4-14/h14H,2-13H2,1H3. The van der Waals surface area contributed by atoms with Gasteiger partial charge in [0.2, 0.25) is 17.7 Å². The largest absolute Gasteiger partial charge is 0.383 e. The lowest BCUT2D eigenvalue weighted by Gasteiger charge is -2.50. The molecule has 1 unspecified atom stereocenters. The number of nitrogens with zero attached hydrogens (tertiary/aromatic N) is 2. The third kappa shape index (κ3) is 4.44. The molecule has 0 aromatic carbocycles. The number of carbonyl (C=O) groups excluding carboxylic acids is 2. The number of hydrogen-bond acceptors (Lipinski definition) is 3. The molecule has 1 saturated carbocycles. The van der Waals surface area contributed by atoms with Crippen molar-refractivity contribution in [1.82, 2.24) is 9.80 Å². The summed E-state index contributed by atoms with van der Waals surface area (Å²) >= 11 is 0. The first-order valence-electron chi connectivity index (χ1n) is 9.90. The van der Waals surface area contributed by atoms with E-state index in [4.69, 9.17) is 4.74 Å². The van der Waals surface area contributed by atoms with E-state index in [1.54, 1.807) is 0 Å². The number of rotatable bonds is 4. The number of amides is 2. The van der Waals surface area contributed by atoms with Crippen LogP contribution < -0.4 is 0 Å². The molecule has 2 aliphatic heterocycles. The van der Waals surface area contributed by atoms with Crippen LogP contribution in [0.4, 0.5) is 17.6 Å². The lowest BCUT2D eigenvalue weighted by molar-refractivity contribution is -0.177. The summed E-state index contributed by atoms with van der Waals surface area (Å²) < 4.78 is 60.9. The summed E-state index contributed by atoms with van der Waals surface area (Å²) in [7, 11) is 1.51. The van der Waals surface area contributed by atoms with Gasteiger partial charge in [0.05, 0.1) is 18.6 Å². The molecule has 3 aliphatic rings. The van der Waals surface area contributed by atoms with Crippen LogP contribution in [-0.2, 0) is 14.3 Å². The monoisotopic (exact) mass is 408 g/mol. The van der Waals surface area contributed by atoms with Crippen molar-refractivity contribution in [3.05, 3.63) is 0 Å². The maximum absolute atomic E-state index is 14.6. The second kappa shape index (κ2) is 7.80. The fourth-order valence-electron chi connectivity index (χ4n) is 4.89. The Balaban J connectivity index is 1.75. The third-order valence-corrected chi connectivity index (χ3v) is 6.28. The van der Waals surface area contributed by atoms with E-state index >= 15 is 0 Å². The Hall–Kier alpha value is -1.38. The first kappa shape index (κ1) is 21.3. The Bertz CT molecular complexity index is 606. The quantitative estimate of drug-likeness (QED) is 0.672. The van der Waals surface area contributed by atoms with Crippen LogP contribution in [0.2, 0.25) is 0 Å². The second-order valence-corrected chi connectivity index (χ2v) is 8.53. The fraction of sp³-hybridized carbons (Fsp3) is 0.895. The molecule has 1 spiro atoms. The van der Waals surface area contributed by atoms with Crippen LogP contribution in [0.15, 0.2) is 0 Å². The predicted molar refractivity (Wildman–Crippen MR) is 93.2 cm³/mol. The number of alkyl halides is 4. The summed E-state index contributed by atoms with van der Waals surface area (Å²) in [5.74, 6) is -7.51. The average molecular weight is 408 g/mol. The molecule has 160 valence electrons. The van der Waals surface area contributed by atoms with Crippen LogP contribution >= 0.6 is 0 Å². The Labute approximate surface area is 162 Å². The molecule has 9 heteroatoms. The van der Waals surface area contributed by atoms with E-state index in [0.29, 0.717) is 32.5 Å². The van der Waals surface area contributed by atoms with Crippen molar-refractivity contribution in [1.29, 1.82) is 0 Å². The van der Waals surface area contributed by atoms with Gasteiger partial charge in [-0.3, -0.25) is 9.59 Å². The number of methoxy groups -OCH3 is 1. The lowest BCUT2D eigenvalue weighted by atomic mass is 9.71. The maximum Gasteiger partial charge on any atom is 0.266 e. The molecule has 0 bridgehead atoms. The summed E-state index contributed by atoms with van der Waals surface area (Å²) in [4.78, 5) is 28.5. The minimum Gasteiger partial charge on any atom is -0.383 e. The van der Waals surface area contributed by atoms with E-state index in [1.165, 1.54) is 12.0 Å². The Morgan fingerprint density at radius 1 is 1.11 bits per heavy atom. The normalized spacial score (nSPS) is 30.7. The van der Waals surface area contributed by atoms with Crippen molar-refractivity contribution in [2.75, 3.05) is 39.9 Å². The van der Waals surface area contributed by atoms with Crippen LogP contribution in [0.25, 0.3) is 0 Å². The molecule has 1 aliphatic carbocycles. The van der Waals surface area contributed by atoms with Gasteiger partial charge in [-0.15, -0.1) is 0 Å². The van der Waals surface area contributed by atoms with E-state index in [9.17, 15) is 27.2 Å². The minimum atomic E-state index is -3.17. The predicted octanol–water partition coefficient (Wildman–Crippen LogP) is 2.93. The number of piperidine rings is 2. The molecule has 2 heterocycles. The van der Waals surface area contributed by atoms with Crippen molar-refractivity contribution >= 4 is 11.8 Å². The van der Waals surface area contributed by atoms with Crippen molar-refractivity contribution in [3.63, 3.8) is 0 Å². The van der Waals surface area contributed by atoms with Gasteiger partial charge >= 0.3 is 0 Å². The highest BCUT2D eigenvalue weighted by Gasteiger charge is 2.56. The van der Waals surface area contributed by atoms with Gasteiger partial charge in [0.25, 0.3) is 5.92 Å². The Morgan fingerprint density at radius 2 is 1.79 bits per heavy atom. The van der Waals surface area contributed by atoms with E-state index in [0.717, 1.165) is 4.90 Å². The summed E-state index contributed by atoms with van der Waals surface area (Å²) in [6.07, 6.45) is -0.496. The minimum absolute atomic E-state index is 0.00514. The van der Waals surface area contributed by atoms with Crippen LogP contribution in [0, 0.1) is 11.3 Å². The van der Waals surface area contributed by atoms with Gasteiger partial charge in [0, 0.05) is 51.9 Å². The zero-order chi connectivity index (χ0) is 20.6. The first-order chi connectivity index (χ1) is 13.1. The molecule has 0 aromatic heterocycles. The number of hydrogen-bond donors (Lipinski definition) is 0. The van der Waals surface area contributed by atoms with Crippen LogP contribution in [0.5, 0.6) is 0 Å². The molecule has 0 N–H and O–H groups in total. The molecular weight excluding hydrogens is 380 g/mol. The van der Waals surface area contributed by atoms with Gasteiger partial charge in [-0.05, 0) is 25.7 Å². The van der Waals surface area contributed by atoms with Gasteiger partial charge in [0.1, 0.15) is 0 Å². The zero-order valence-corrected chi connectivity index (χ0v) is 16.2. The molecule has 3 fully saturated rings. The van der Waals surface area contributed by atoms with Crippen molar-refractivity contribution in [2.45, 2.75) is 56.8 Å². The number of likely N-dealkylation sites (tertiary alicyclic amines) is 2. The smallest absolute Gasteiger partial charge is 0.266 e. The summed E-state index contributed by atoms with van der Waals surface area (Å²) in [6, 6.07) is 0. The molecule has 0 radical (unpaired) electrons. The third-order valence-electron chi connectivity index (χ3n) is 6.28. The molecule has 0 aromatic rings. The maximum atomic E-state index is 14.6. The summed E-state index contributed by atoms with van der Waals surface area (Å²) in [5.41, 5.74) is -1.30. The van der Waals surface area contributed by atoms with Crippen molar-refractivity contribution in [3.8, 4) is 0 Å². The Kier molecular flexibility index (Phi) is 5.94. The fourth-order valence-corrected chi connectivity index (χ4v) is 4.89. The van der Waals surface area contributed by atoms with Crippen LogP contribution in [0.1, 0.15) is 44.9 Å². The van der Waals surface area contributed by atoms with Gasteiger partial charge in [-0.2, -0.15) is 0 Å². The lowest BCUT2D eigenvalue weighted by Crippen LogP contribution is -2.62. The first-order valence-corrected chi connectivity index (χ1v) is 9.90. The number of ether oxygens (including phenoxy) is 1. The average Bonchev–Trinajstić information content (AvgIpc) is 2.61. The zero-order valence-electron chi connectivity index (χ0n) is 16.2. The van der Waals surface area contributed by atoms with Gasteiger partial charge in [0.15, 0.2) is 0 Å². The molecule has 2 amide bonds.